The van der Waals surface area contributed by atoms with Crippen LogP contribution in [-0.4, -0.2) is 28.1 Å². The minimum atomic E-state index is -0.521. The molecule has 0 radical (unpaired) electrons. The number of thioether (sulfide) groups is 1. The van der Waals surface area contributed by atoms with Crippen molar-refractivity contribution in [3.05, 3.63) is 85.4 Å². The molecule has 10 heteroatoms. The largest absolute Gasteiger partial charge is 0.497 e. The molecule has 2 heterocycles. The Balaban J connectivity index is 1.59. The average molecular weight is 515 g/mol. The third-order valence-electron chi connectivity index (χ3n) is 4.73. The van der Waals surface area contributed by atoms with E-state index in [2.05, 4.69) is 15.9 Å². The van der Waals surface area contributed by atoms with Crippen LogP contribution in [0.2, 0.25) is 0 Å². The Kier molecular flexibility index (Phi) is 6.15. The summed E-state index contributed by atoms with van der Waals surface area (Å²) in [5.41, 5.74) is 0.916. The van der Waals surface area contributed by atoms with Crippen molar-refractivity contribution >= 4 is 50.6 Å². The van der Waals surface area contributed by atoms with E-state index in [1.54, 1.807) is 18.2 Å². The number of carbonyl (C=O) groups excluding carboxylic acids is 2. The lowest BCUT2D eigenvalue weighted by Crippen LogP contribution is -2.27. The van der Waals surface area contributed by atoms with Crippen molar-refractivity contribution in [1.29, 1.82) is 0 Å². The molecule has 3 aromatic rings. The number of amides is 2. The molecule has 2 amide bonds. The summed E-state index contributed by atoms with van der Waals surface area (Å²) in [7, 11) is 1.42. The second kappa shape index (κ2) is 9.01. The number of nitrogens with zero attached hydrogens (tertiary/aromatic N) is 2. The van der Waals surface area contributed by atoms with Crippen LogP contribution in [0.3, 0.4) is 0 Å². The van der Waals surface area contributed by atoms with Crippen LogP contribution in [-0.2, 0) is 11.3 Å². The Morgan fingerprint density at radius 1 is 1.19 bits per heavy atom. The van der Waals surface area contributed by atoms with Gasteiger partial charge in [-0.15, -0.1) is 0 Å². The highest BCUT2D eigenvalue weighted by atomic mass is 79.9. The molecule has 1 fully saturated rings. The third kappa shape index (κ3) is 4.32. The summed E-state index contributed by atoms with van der Waals surface area (Å²) in [5.74, 6) is 0.490. The normalized spacial score (nSPS) is 14.9. The average Bonchev–Trinajstić information content (AvgIpc) is 3.35. The van der Waals surface area contributed by atoms with Gasteiger partial charge >= 0.3 is 0 Å². The summed E-state index contributed by atoms with van der Waals surface area (Å²) < 4.78 is 11.6. The predicted octanol–water partition coefficient (Wildman–Crippen LogP) is 5.86. The molecule has 1 aromatic heterocycles. The van der Waals surface area contributed by atoms with E-state index in [1.165, 1.54) is 25.3 Å². The van der Waals surface area contributed by atoms with Gasteiger partial charge in [0.15, 0.2) is 0 Å². The fraction of sp³-hybridized carbons (Fsp3) is 0.0909. The number of hydrogen-bond acceptors (Lipinski definition) is 7. The molecular formula is C22H15BrN2O6S. The van der Waals surface area contributed by atoms with E-state index in [4.69, 9.17) is 9.15 Å². The molecule has 4 rings (SSSR count). The van der Waals surface area contributed by atoms with Crippen molar-refractivity contribution < 1.29 is 23.7 Å². The van der Waals surface area contributed by atoms with Crippen LogP contribution in [0.5, 0.6) is 5.75 Å². The van der Waals surface area contributed by atoms with Gasteiger partial charge in [-0.2, -0.15) is 0 Å². The van der Waals surface area contributed by atoms with Crippen molar-refractivity contribution in [2.75, 3.05) is 7.11 Å². The fourth-order valence-corrected chi connectivity index (χ4v) is 4.36. The first kappa shape index (κ1) is 21.8. The molecule has 0 spiro atoms. The maximum absolute atomic E-state index is 12.8. The number of imide groups is 1. The topological polar surface area (TPSA) is 103 Å². The van der Waals surface area contributed by atoms with E-state index in [0.717, 1.165) is 26.7 Å². The standard InChI is InChI=1S/C22H15BrN2O6S/c1-30-14-6-8-16(18(10-14)25(28)29)19-9-7-15(31-19)11-20-21(26)24(22(27)32-20)12-13-4-2-3-5-17(13)23/h2-11H,12H2,1H3/b20-11-. The first-order chi connectivity index (χ1) is 15.4. The number of furan rings is 1. The lowest BCUT2D eigenvalue weighted by molar-refractivity contribution is -0.384. The summed E-state index contributed by atoms with van der Waals surface area (Å²) in [6.45, 7) is 0.144. The van der Waals surface area contributed by atoms with Crippen LogP contribution in [0.4, 0.5) is 10.5 Å². The molecule has 0 N–H and O–H groups in total. The van der Waals surface area contributed by atoms with E-state index in [-0.39, 0.29) is 33.7 Å². The molecule has 0 aliphatic carbocycles. The lowest BCUT2D eigenvalue weighted by Gasteiger charge is -2.13. The number of benzene rings is 2. The summed E-state index contributed by atoms with van der Waals surface area (Å²) in [4.78, 5) is 37.5. The number of ether oxygens (including phenoxy) is 1. The zero-order valence-electron chi connectivity index (χ0n) is 16.6. The van der Waals surface area contributed by atoms with E-state index in [0.29, 0.717) is 11.5 Å². The van der Waals surface area contributed by atoms with Crippen LogP contribution in [0.25, 0.3) is 17.4 Å². The van der Waals surface area contributed by atoms with Gasteiger partial charge in [-0.25, -0.2) is 0 Å². The highest BCUT2D eigenvalue weighted by molar-refractivity contribution is 9.10. The zero-order chi connectivity index (χ0) is 22.8. The van der Waals surface area contributed by atoms with Crippen molar-refractivity contribution in [3.63, 3.8) is 0 Å². The maximum atomic E-state index is 12.8. The number of nitro groups is 1. The van der Waals surface area contributed by atoms with E-state index in [1.807, 2.05) is 24.3 Å². The smallest absolute Gasteiger partial charge is 0.293 e. The van der Waals surface area contributed by atoms with Gasteiger partial charge in [0.05, 0.1) is 35.1 Å². The molecule has 1 aliphatic rings. The molecule has 0 unspecified atom stereocenters. The van der Waals surface area contributed by atoms with Crippen LogP contribution < -0.4 is 4.74 Å². The minimum Gasteiger partial charge on any atom is -0.497 e. The van der Waals surface area contributed by atoms with Crippen molar-refractivity contribution in [2.45, 2.75) is 6.54 Å². The van der Waals surface area contributed by atoms with Crippen LogP contribution in [0.15, 0.2) is 68.4 Å². The quantitative estimate of drug-likeness (QED) is 0.230. The Morgan fingerprint density at radius 2 is 1.97 bits per heavy atom. The molecule has 0 bridgehead atoms. The van der Waals surface area contributed by atoms with Crippen LogP contribution >= 0.6 is 27.7 Å². The molecule has 162 valence electrons. The first-order valence-electron chi connectivity index (χ1n) is 9.29. The Bertz CT molecular complexity index is 1270. The number of carbonyl (C=O) groups is 2. The number of halogens is 1. The van der Waals surface area contributed by atoms with Gasteiger partial charge in [-0.05, 0) is 47.7 Å². The van der Waals surface area contributed by atoms with Crippen LogP contribution in [0, 0.1) is 10.1 Å². The Morgan fingerprint density at radius 3 is 2.69 bits per heavy atom. The highest BCUT2D eigenvalue weighted by Gasteiger charge is 2.35. The second-order valence-electron chi connectivity index (χ2n) is 6.70. The van der Waals surface area contributed by atoms with Gasteiger partial charge in [-0.3, -0.25) is 24.6 Å². The maximum Gasteiger partial charge on any atom is 0.293 e. The van der Waals surface area contributed by atoms with Crippen LogP contribution in [0.1, 0.15) is 11.3 Å². The molecule has 1 aliphatic heterocycles. The Hall–Kier alpha value is -3.37. The van der Waals surface area contributed by atoms with Gasteiger partial charge in [0.25, 0.3) is 16.8 Å². The van der Waals surface area contributed by atoms with E-state index >= 15 is 0 Å². The van der Waals surface area contributed by atoms with Gasteiger partial charge in [0.2, 0.25) is 0 Å². The molecule has 0 saturated carbocycles. The van der Waals surface area contributed by atoms with Crippen molar-refractivity contribution in [3.8, 4) is 17.1 Å². The molecule has 1 saturated heterocycles. The predicted molar refractivity (Wildman–Crippen MR) is 123 cm³/mol. The number of hydrogen-bond donors (Lipinski definition) is 0. The van der Waals surface area contributed by atoms with Crippen molar-refractivity contribution in [2.24, 2.45) is 0 Å². The second-order valence-corrected chi connectivity index (χ2v) is 8.55. The van der Waals surface area contributed by atoms with E-state index in [9.17, 15) is 19.7 Å². The SMILES string of the molecule is COc1ccc(-c2ccc(/C=C3\SC(=O)N(Cc4ccccc4Br)C3=O)o2)c([N+](=O)[O-])c1. The summed E-state index contributed by atoms with van der Waals surface area (Å²) in [6.07, 6.45) is 1.46. The van der Waals surface area contributed by atoms with E-state index < -0.39 is 10.8 Å². The van der Waals surface area contributed by atoms with Gasteiger partial charge in [0.1, 0.15) is 17.3 Å². The molecule has 32 heavy (non-hydrogen) atoms. The first-order valence-corrected chi connectivity index (χ1v) is 10.9. The molecule has 0 atom stereocenters. The number of rotatable bonds is 6. The van der Waals surface area contributed by atoms with Crippen molar-refractivity contribution in [1.82, 2.24) is 4.90 Å². The fourth-order valence-electron chi connectivity index (χ4n) is 3.14. The van der Waals surface area contributed by atoms with Gasteiger partial charge in [-0.1, -0.05) is 34.1 Å². The van der Waals surface area contributed by atoms with Gasteiger partial charge < -0.3 is 9.15 Å². The summed E-state index contributed by atoms with van der Waals surface area (Å²) in [6, 6.07) is 15.0. The van der Waals surface area contributed by atoms with Gasteiger partial charge in [0, 0.05) is 10.5 Å². The summed E-state index contributed by atoms with van der Waals surface area (Å²) in [5, 5.41) is 11.1. The lowest BCUT2D eigenvalue weighted by atomic mass is 10.1. The monoisotopic (exact) mass is 514 g/mol. The molecule has 8 nitrogen and oxygen atoms in total. The molecule has 2 aromatic carbocycles. The Labute approximate surface area is 195 Å². The molecular weight excluding hydrogens is 500 g/mol. The number of nitro benzene ring substituents is 1. The number of methoxy groups -OCH3 is 1. The summed E-state index contributed by atoms with van der Waals surface area (Å²) >= 11 is 4.24. The minimum absolute atomic E-state index is 0.144. The third-order valence-corrected chi connectivity index (χ3v) is 6.41. The highest BCUT2D eigenvalue weighted by Crippen LogP contribution is 2.37. The zero-order valence-corrected chi connectivity index (χ0v) is 19.0.